The number of allylic oxidation sites excluding steroid dienone is 1. The number of thiazole rings is 1. The molecule has 0 saturated carbocycles. The fourth-order valence-corrected chi connectivity index (χ4v) is 5.59. The molecule has 8 heteroatoms. The summed E-state index contributed by atoms with van der Waals surface area (Å²) in [5, 5.41) is 23.3. The van der Waals surface area contributed by atoms with Gasteiger partial charge in [-0.3, -0.25) is 9.36 Å². The lowest BCUT2D eigenvalue weighted by Gasteiger charge is -2.20. The largest absolute Gasteiger partial charge is 0.384 e. The zero-order chi connectivity index (χ0) is 18.3. The quantitative estimate of drug-likeness (QED) is 0.719. The molecule has 26 heavy (non-hydrogen) atoms. The van der Waals surface area contributed by atoms with E-state index in [-0.39, 0.29) is 17.0 Å². The van der Waals surface area contributed by atoms with Crippen molar-refractivity contribution in [2.75, 3.05) is 0 Å². The van der Waals surface area contributed by atoms with E-state index in [9.17, 15) is 15.3 Å². The number of nitriles is 2. The standard InChI is InChI=1S/C18H10N4OS3/c19-8-11-15(13-4-2-6-25-13)12(9-20)18-22(16(11)21)17(23)14(26-18)7-10-3-1-5-24-10/h1-7,15H,21H2/b14-7+. The topological polar surface area (TPSA) is 95.6 Å². The van der Waals surface area contributed by atoms with Gasteiger partial charge in [-0.2, -0.15) is 10.5 Å². The van der Waals surface area contributed by atoms with E-state index in [0.717, 1.165) is 9.75 Å². The maximum Gasteiger partial charge on any atom is 0.274 e. The minimum atomic E-state index is -0.530. The predicted octanol–water partition coefficient (Wildman–Crippen LogP) is 1.98. The Balaban J connectivity index is 2.11. The first kappa shape index (κ1) is 16.6. The number of nitrogens with two attached hydrogens (primary N) is 1. The summed E-state index contributed by atoms with van der Waals surface area (Å²) in [7, 11) is 0. The van der Waals surface area contributed by atoms with Crippen LogP contribution in [-0.2, 0) is 0 Å². The molecule has 3 aromatic heterocycles. The summed E-state index contributed by atoms with van der Waals surface area (Å²) in [6, 6.07) is 11.9. The molecule has 126 valence electrons. The van der Waals surface area contributed by atoms with Crippen LogP contribution < -0.4 is 20.5 Å². The van der Waals surface area contributed by atoms with Crippen molar-refractivity contribution in [1.82, 2.24) is 4.57 Å². The molecule has 0 radical (unpaired) electrons. The van der Waals surface area contributed by atoms with Gasteiger partial charge in [-0.25, -0.2) is 0 Å². The van der Waals surface area contributed by atoms with Gasteiger partial charge in [0.15, 0.2) is 0 Å². The molecule has 1 unspecified atom stereocenters. The molecule has 4 heterocycles. The van der Waals surface area contributed by atoms with E-state index in [1.54, 1.807) is 6.08 Å². The fourth-order valence-electron chi connectivity index (χ4n) is 2.89. The summed E-state index contributed by atoms with van der Waals surface area (Å²) in [6.45, 7) is 0. The number of thiophene rings is 2. The highest BCUT2D eigenvalue weighted by atomic mass is 32.1. The van der Waals surface area contributed by atoms with E-state index in [0.29, 0.717) is 14.8 Å². The average Bonchev–Trinajstić information content (AvgIpc) is 3.38. The second-order valence-electron chi connectivity index (χ2n) is 5.46. The number of aromatic nitrogens is 1. The monoisotopic (exact) mass is 394 g/mol. The van der Waals surface area contributed by atoms with Crippen molar-refractivity contribution in [2.45, 2.75) is 5.92 Å². The zero-order valence-corrected chi connectivity index (χ0v) is 15.6. The van der Waals surface area contributed by atoms with Crippen LogP contribution in [0, 0.1) is 22.7 Å². The van der Waals surface area contributed by atoms with Crippen LogP contribution in [-0.4, -0.2) is 4.57 Å². The first-order chi connectivity index (χ1) is 12.7. The second kappa shape index (κ2) is 6.43. The Morgan fingerprint density at radius 3 is 2.46 bits per heavy atom. The maximum atomic E-state index is 12.9. The summed E-state index contributed by atoms with van der Waals surface area (Å²) in [5.74, 6) is -0.426. The van der Waals surface area contributed by atoms with E-state index < -0.39 is 5.92 Å². The van der Waals surface area contributed by atoms with Crippen LogP contribution in [0.4, 0.5) is 0 Å². The normalized spacial score (nSPS) is 17.1. The Bertz CT molecular complexity index is 1280. The zero-order valence-electron chi connectivity index (χ0n) is 13.2. The molecular formula is C18H10N4OS3. The summed E-state index contributed by atoms with van der Waals surface area (Å²) in [5.41, 5.74) is 6.51. The lowest BCUT2D eigenvalue weighted by molar-refractivity contribution is 0.914. The van der Waals surface area contributed by atoms with Gasteiger partial charge < -0.3 is 5.73 Å². The summed E-state index contributed by atoms with van der Waals surface area (Å²) >= 11 is 4.21. The molecule has 0 bridgehead atoms. The van der Waals surface area contributed by atoms with Gasteiger partial charge in [0, 0.05) is 9.75 Å². The summed E-state index contributed by atoms with van der Waals surface area (Å²) < 4.78 is 2.28. The lowest BCUT2D eigenvalue weighted by atomic mass is 9.89. The lowest BCUT2D eigenvalue weighted by Crippen LogP contribution is -2.38. The smallest absolute Gasteiger partial charge is 0.274 e. The number of fused-ring (bicyclic) bond motifs is 1. The third-order valence-electron chi connectivity index (χ3n) is 4.03. The fraction of sp³-hybridized carbons (Fsp3) is 0.0556. The van der Waals surface area contributed by atoms with Gasteiger partial charge in [0.2, 0.25) is 0 Å². The molecule has 2 N–H and O–H groups in total. The molecule has 1 aliphatic rings. The molecule has 3 aromatic rings. The van der Waals surface area contributed by atoms with E-state index >= 15 is 0 Å². The molecule has 0 spiro atoms. The van der Waals surface area contributed by atoms with Gasteiger partial charge in [0.05, 0.1) is 33.7 Å². The molecule has 0 saturated heterocycles. The molecule has 0 amide bonds. The van der Waals surface area contributed by atoms with Crippen LogP contribution in [0.3, 0.4) is 0 Å². The second-order valence-corrected chi connectivity index (χ2v) is 8.45. The Hall–Kier alpha value is -2.91. The SMILES string of the molecule is N#CC1=C(N)n2c(s/c(=C/c3cccs3)c2=O)=C(C#N)C1c1cccs1. The van der Waals surface area contributed by atoms with Crippen LogP contribution in [0.5, 0.6) is 0 Å². The van der Waals surface area contributed by atoms with Crippen molar-refractivity contribution in [3.05, 3.63) is 69.9 Å². The predicted molar refractivity (Wildman–Crippen MR) is 105 cm³/mol. The van der Waals surface area contributed by atoms with Gasteiger partial charge in [0.1, 0.15) is 10.5 Å². The first-order valence-corrected chi connectivity index (χ1v) is 10.1. The summed E-state index contributed by atoms with van der Waals surface area (Å²) in [6.07, 6.45) is 1.79. The van der Waals surface area contributed by atoms with E-state index in [1.165, 1.54) is 38.6 Å². The highest BCUT2D eigenvalue weighted by molar-refractivity contribution is 7.11. The Kier molecular flexibility index (Phi) is 4.09. The van der Waals surface area contributed by atoms with Crippen LogP contribution in [0.15, 0.2) is 45.4 Å². The highest BCUT2D eigenvalue weighted by Crippen LogP contribution is 2.37. The van der Waals surface area contributed by atoms with E-state index in [2.05, 4.69) is 12.1 Å². The van der Waals surface area contributed by atoms with Gasteiger partial charge in [0.25, 0.3) is 5.56 Å². The van der Waals surface area contributed by atoms with Gasteiger partial charge in [-0.1, -0.05) is 12.1 Å². The first-order valence-electron chi connectivity index (χ1n) is 7.50. The van der Waals surface area contributed by atoms with Crippen molar-refractivity contribution in [1.29, 1.82) is 10.5 Å². The average molecular weight is 395 g/mol. The number of hydrogen-bond acceptors (Lipinski definition) is 7. The van der Waals surface area contributed by atoms with Crippen molar-refractivity contribution >= 4 is 51.5 Å². The van der Waals surface area contributed by atoms with Gasteiger partial charge in [-0.05, 0) is 29.0 Å². The third-order valence-corrected chi connectivity index (χ3v) is 6.90. The molecule has 0 aliphatic carbocycles. The molecule has 1 aliphatic heterocycles. The van der Waals surface area contributed by atoms with E-state index in [4.69, 9.17) is 5.73 Å². The number of rotatable bonds is 2. The molecule has 1 atom stereocenters. The molecule has 0 fully saturated rings. The third kappa shape index (κ3) is 2.44. The summed E-state index contributed by atoms with van der Waals surface area (Å²) in [4.78, 5) is 14.7. The minimum Gasteiger partial charge on any atom is -0.384 e. The number of nitrogens with zero attached hydrogens (tertiary/aromatic N) is 3. The van der Waals surface area contributed by atoms with E-state index in [1.807, 2.05) is 35.0 Å². The van der Waals surface area contributed by atoms with Crippen LogP contribution in [0.1, 0.15) is 15.7 Å². The van der Waals surface area contributed by atoms with Gasteiger partial charge in [-0.15, -0.1) is 34.0 Å². The van der Waals surface area contributed by atoms with Gasteiger partial charge >= 0.3 is 0 Å². The molecule has 4 rings (SSSR count). The van der Waals surface area contributed by atoms with Crippen LogP contribution in [0.25, 0.3) is 17.5 Å². The van der Waals surface area contributed by atoms with Crippen LogP contribution in [0.2, 0.25) is 0 Å². The molecule has 0 aromatic carbocycles. The number of hydrogen-bond donors (Lipinski definition) is 1. The highest BCUT2D eigenvalue weighted by Gasteiger charge is 2.32. The Morgan fingerprint density at radius 1 is 1.12 bits per heavy atom. The van der Waals surface area contributed by atoms with Crippen LogP contribution >= 0.6 is 34.0 Å². The van der Waals surface area contributed by atoms with Crippen molar-refractivity contribution in [3.63, 3.8) is 0 Å². The van der Waals surface area contributed by atoms with Crippen molar-refractivity contribution in [3.8, 4) is 12.1 Å². The Morgan fingerprint density at radius 2 is 1.85 bits per heavy atom. The minimum absolute atomic E-state index is 0.104. The van der Waals surface area contributed by atoms with Crippen molar-refractivity contribution < 1.29 is 0 Å². The molecule has 5 nitrogen and oxygen atoms in total. The molecular weight excluding hydrogens is 384 g/mol. The Labute approximate surface area is 160 Å². The van der Waals surface area contributed by atoms with Crippen molar-refractivity contribution in [2.24, 2.45) is 5.73 Å². The maximum absolute atomic E-state index is 12.9.